The number of hydrogen-bond acceptors (Lipinski definition) is 2. The highest BCUT2D eigenvalue weighted by atomic mass is 15.0. The van der Waals surface area contributed by atoms with E-state index in [2.05, 4.69) is 50.9 Å². The summed E-state index contributed by atoms with van der Waals surface area (Å²) in [6.45, 7) is 2.01. The maximum atomic E-state index is 4.42. The van der Waals surface area contributed by atoms with Gasteiger partial charge in [0, 0.05) is 17.8 Å². The van der Waals surface area contributed by atoms with Crippen molar-refractivity contribution in [3.63, 3.8) is 0 Å². The zero-order chi connectivity index (χ0) is 13.5. The van der Waals surface area contributed by atoms with Gasteiger partial charge in [0.05, 0.1) is 17.2 Å². The number of nitrogens with zero attached hydrogens (tertiary/aromatic N) is 3. The first-order valence-corrected chi connectivity index (χ1v) is 6.61. The number of aromatic nitrogens is 3. The fourth-order valence-electron chi connectivity index (χ4n) is 2.66. The minimum absolute atomic E-state index is 1.01. The Morgan fingerprint density at radius 2 is 1.95 bits per heavy atom. The van der Waals surface area contributed by atoms with Crippen molar-refractivity contribution in [1.29, 1.82) is 0 Å². The lowest BCUT2D eigenvalue weighted by Crippen LogP contribution is -1.89. The molecule has 0 amide bonds. The molecule has 4 aromatic rings. The molecule has 1 aromatic carbocycles. The van der Waals surface area contributed by atoms with Crippen LogP contribution in [0, 0.1) is 6.92 Å². The zero-order valence-electron chi connectivity index (χ0n) is 11.1. The first kappa shape index (κ1) is 11.2. The molecule has 0 saturated carbocycles. The van der Waals surface area contributed by atoms with Crippen LogP contribution < -0.4 is 0 Å². The third-order valence-corrected chi connectivity index (χ3v) is 3.67. The van der Waals surface area contributed by atoms with E-state index in [1.54, 1.807) is 0 Å². The van der Waals surface area contributed by atoms with Gasteiger partial charge in [-0.25, -0.2) is 4.98 Å². The minimum Gasteiger partial charge on any atom is -0.304 e. The average Bonchev–Trinajstić information content (AvgIpc) is 2.87. The summed E-state index contributed by atoms with van der Waals surface area (Å²) in [6.07, 6.45) is 5.81. The van der Waals surface area contributed by atoms with Gasteiger partial charge in [0.25, 0.3) is 0 Å². The smallest absolute Gasteiger partial charge is 0.110 e. The van der Waals surface area contributed by atoms with Crippen molar-refractivity contribution in [1.82, 2.24) is 14.4 Å². The van der Waals surface area contributed by atoms with Crippen LogP contribution in [0.5, 0.6) is 0 Å². The van der Waals surface area contributed by atoms with Crippen LogP contribution in [-0.2, 0) is 0 Å². The van der Waals surface area contributed by atoms with Gasteiger partial charge in [-0.1, -0.05) is 18.2 Å². The molecular formula is C17H13N3. The average molecular weight is 259 g/mol. The summed E-state index contributed by atoms with van der Waals surface area (Å²) >= 11 is 0. The lowest BCUT2D eigenvalue weighted by atomic mass is 10.0. The Balaban J connectivity index is 2.01. The molecule has 96 valence electrons. The molecule has 3 aromatic heterocycles. The molecule has 3 heteroatoms. The molecule has 0 saturated heterocycles. The molecular weight excluding hydrogens is 246 g/mol. The highest BCUT2D eigenvalue weighted by molar-refractivity contribution is 5.94. The van der Waals surface area contributed by atoms with Crippen LogP contribution in [0.15, 0.2) is 61.1 Å². The monoisotopic (exact) mass is 259 g/mol. The van der Waals surface area contributed by atoms with E-state index >= 15 is 0 Å². The quantitative estimate of drug-likeness (QED) is 0.519. The topological polar surface area (TPSA) is 30.2 Å². The second kappa shape index (κ2) is 4.17. The van der Waals surface area contributed by atoms with Crippen molar-refractivity contribution in [2.75, 3.05) is 0 Å². The summed E-state index contributed by atoms with van der Waals surface area (Å²) in [5.41, 5.74) is 4.53. The second-order valence-corrected chi connectivity index (χ2v) is 4.89. The number of aryl methyl sites for hydroxylation is 1. The van der Waals surface area contributed by atoms with Gasteiger partial charge < -0.3 is 4.40 Å². The van der Waals surface area contributed by atoms with Crippen molar-refractivity contribution in [2.24, 2.45) is 0 Å². The van der Waals surface area contributed by atoms with Crippen LogP contribution in [0.2, 0.25) is 0 Å². The van der Waals surface area contributed by atoms with Crippen LogP contribution in [0.1, 0.15) is 5.82 Å². The van der Waals surface area contributed by atoms with Crippen LogP contribution in [0.4, 0.5) is 0 Å². The lowest BCUT2D eigenvalue weighted by molar-refractivity contribution is 1.04. The Morgan fingerprint density at radius 1 is 1.00 bits per heavy atom. The van der Waals surface area contributed by atoms with Gasteiger partial charge in [-0.2, -0.15) is 0 Å². The number of imidazole rings is 1. The molecule has 3 nitrogen and oxygen atoms in total. The number of rotatable bonds is 1. The van der Waals surface area contributed by atoms with Gasteiger partial charge in [0.2, 0.25) is 0 Å². The molecule has 0 N–H and O–H groups in total. The summed E-state index contributed by atoms with van der Waals surface area (Å²) in [4.78, 5) is 8.76. The Kier molecular flexibility index (Phi) is 2.33. The lowest BCUT2D eigenvalue weighted by Gasteiger charge is -2.07. The van der Waals surface area contributed by atoms with E-state index in [1.165, 1.54) is 16.5 Å². The fourth-order valence-corrected chi connectivity index (χ4v) is 2.66. The predicted octanol–water partition coefficient (Wildman–Crippen LogP) is 3.86. The van der Waals surface area contributed by atoms with Gasteiger partial charge in [-0.05, 0) is 42.3 Å². The molecule has 0 bridgehead atoms. The Morgan fingerprint density at radius 3 is 2.90 bits per heavy atom. The van der Waals surface area contributed by atoms with Crippen molar-refractivity contribution in [3.05, 3.63) is 66.9 Å². The third-order valence-electron chi connectivity index (χ3n) is 3.67. The van der Waals surface area contributed by atoms with E-state index in [0.717, 1.165) is 16.9 Å². The number of pyridine rings is 2. The molecule has 0 aliphatic heterocycles. The highest BCUT2D eigenvalue weighted by Gasteiger charge is 2.06. The first-order chi connectivity index (χ1) is 9.83. The second-order valence-electron chi connectivity index (χ2n) is 4.89. The van der Waals surface area contributed by atoms with Gasteiger partial charge >= 0.3 is 0 Å². The molecule has 0 radical (unpaired) electrons. The number of benzene rings is 1. The normalized spacial score (nSPS) is 11.2. The van der Waals surface area contributed by atoms with Gasteiger partial charge in [0.1, 0.15) is 5.82 Å². The predicted molar refractivity (Wildman–Crippen MR) is 80.7 cm³/mol. The fraction of sp³-hybridized carbons (Fsp3) is 0.0588. The SMILES string of the molecule is Cc1ncc2cc(-c3cccc4ncccc34)ccn12. The maximum absolute atomic E-state index is 4.42. The molecule has 0 aliphatic carbocycles. The number of fused-ring (bicyclic) bond motifs is 2. The van der Waals surface area contributed by atoms with Crippen molar-refractivity contribution < 1.29 is 0 Å². The van der Waals surface area contributed by atoms with Gasteiger partial charge in [-0.3, -0.25) is 4.98 Å². The van der Waals surface area contributed by atoms with Crippen LogP contribution in [0.25, 0.3) is 27.5 Å². The zero-order valence-corrected chi connectivity index (χ0v) is 11.1. The van der Waals surface area contributed by atoms with E-state index in [1.807, 2.05) is 31.5 Å². The van der Waals surface area contributed by atoms with E-state index in [0.29, 0.717) is 0 Å². The molecule has 0 atom stereocenters. The largest absolute Gasteiger partial charge is 0.304 e. The first-order valence-electron chi connectivity index (χ1n) is 6.61. The Bertz CT molecular complexity index is 916. The Labute approximate surface area is 116 Å². The summed E-state index contributed by atoms with van der Waals surface area (Å²) in [6, 6.07) is 14.6. The summed E-state index contributed by atoms with van der Waals surface area (Å²) in [7, 11) is 0. The standard InChI is InChI=1S/C17H13N3/c1-12-19-11-14-10-13(7-9-20(12)14)15-4-2-6-17-16(15)5-3-8-18-17/h2-11H,1H3. The third kappa shape index (κ3) is 1.60. The van der Waals surface area contributed by atoms with E-state index < -0.39 is 0 Å². The molecule has 4 rings (SSSR count). The maximum Gasteiger partial charge on any atom is 0.110 e. The van der Waals surface area contributed by atoms with Crippen LogP contribution >= 0.6 is 0 Å². The number of hydrogen-bond donors (Lipinski definition) is 0. The molecule has 3 heterocycles. The van der Waals surface area contributed by atoms with Crippen molar-refractivity contribution in [3.8, 4) is 11.1 Å². The summed E-state index contributed by atoms with van der Waals surface area (Å²) in [5.74, 6) is 1.01. The molecule has 20 heavy (non-hydrogen) atoms. The molecule has 0 aliphatic rings. The highest BCUT2D eigenvalue weighted by Crippen LogP contribution is 2.28. The van der Waals surface area contributed by atoms with Crippen LogP contribution in [-0.4, -0.2) is 14.4 Å². The summed E-state index contributed by atoms with van der Waals surface area (Å²) < 4.78 is 2.09. The van der Waals surface area contributed by atoms with Gasteiger partial charge in [-0.15, -0.1) is 0 Å². The van der Waals surface area contributed by atoms with Gasteiger partial charge in [0.15, 0.2) is 0 Å². The summed E-state index contributed by atoms with van der Waals surface area (Å²) in [5, 5.41) is 1.18. The van der Waals surface area contributed by atoms with Crippen molar-refractivity contribution >= 4 is 16.4 Å². The molecule has 0 spiro atoms. The van der Waals surface area contributed by atoms with E-state index in [-0.39, 0.29) is 0 Å². The van der Waals surface area contributed by atoms with E-state index in [9.17, 15) is 0 Å². The molecule has 0 fully saturated rings. The Hall–Kier alpha value is -2.68. The molecule has 0 unspecified atom stereocenters. The van der Waals surface area contributed by atoms with Crippen molar-refractivity contribution in [2.45, 2.75) is 6.92 Å². The van der Waals surface area contributed by atoms with Crippen LogP contribution in [0.3, 0.4) is 0 Å². The minimum atomic E-state index is 1.01. The van der Waals surface area contributed by atoms with E-state index in [4.69, 9.17) is 0 Å².